The van der Waals surface area contributed by atoms with Crippen LogP contribution in [0.15, 0.2) is 57.3 Å². The Morgan fingerprint density at radius 3 is 2.53 bits per heavy atom. The van der Waals surface area contributed by atoms with Crippen LogP contribution in [0.2, 0.25) is 0 Å². The highest BCUT2D eigenvalue weighted by Crippen LogP contribution is 2.58. The maximum absolute atomic E-state index is 13.1. The molecule has 9 heteroatoms. The molecule has 0 bridgehead atoms. The molecule has 2 N–H and O–H groups in total. The molecule has 1 unspecified atom stereocenters. The lowest BCUT2D eigenvalue weighted by Crippen LogP contribution is -2.45. The fraction of sp³-hybridized carbons (Fsp3) is 0.333. The summed E-state index contributed by atoms with van der Waals surface area (Å²) < 4.78 is 33.9. The predicted molar refractivity (Wildman–Crippen MR) is 113 cm³/mol. The zero-order chi connectivity index (χ0) is 21.7. The number of aliphatic carboxylic acids is 1. The molecule has 1 aliphatic carbocycles. The maximum Gasteiger partial charge on any atom is 0.325 e. The Hall–Kier alpha value is -2.49. The lowest BCUT2D eigenvalue weighted by Gasteiger charge is -2.15. The zero-order valence-electron chi connectivity index (χ0n) is 16.7. The number of carboxylic acid groups (broad SMARTS) is 1. The molecule has 0 radical (unpaired) electrons. The molecule has 0 amide bonds. The highest BCUT2D eigenvalue weighted by Gasteiger charge is 2.70. The van der Waals surface area contributed by atoms with Gasteiger partial charge in [0.05, 0.1) is 4.88 Å². The molecule has 1 aliphatic rings. The number of sulfonamides is 1. The minimum Gasteiger partial charge on any atom is -0.480 e. The van der Waals surface area contributed by atoms with Gasteiger partial charge in [-0.1, -0.05) is 56.3 Å². The van der Waals surface area contributed by atoms with Crippen LogP contribution in [-0.4, -0.2) is 30.2 Å². The van der Waals surface area contributed by atoms with Crippen LogP contribution in [0.3, 0.4) is 0 Å². The second-order valence-electron chi connectivity index (χ2n) is 7.84. The van der Waals surface area contributed by atoms with Crippen LogP contribution in [0.25, 0.3) is 10.6 Å². The van der Waals surface area contributed by atoms with Crippen molar-refractivity contribution in [2.75, 3.05) is 0 Å². The average molecular weight is 447 g/mol. The summed E-state index contributed by atoms with van der Waals surface area (Å²) in [4.78, 5) is 12.8. The lowest BCUT2D eigenvalue weighted by atomic mass is 10.1. The number of carbonyl (C=O) groups is 1. The normalized spacial score (nSPS) is 23.6. The predicted octanol–water partition coefficient (Wildman–Crippen LogP) is 4.06. The van der Waals surface area contributed by atoms with Crippen LogP contribution in [0, 0.1) is 5.92 Å². The Labute approximate surface area is 178 Å². The molecule has 2 heterocycles. The van der Waals surface area contributed by atoms with Gasteiger partial charge in [0, 0.05) is 17.9 Å². The van der Waals surface area contributed by atoms with Gasteiger partial charge in [0.1, 0.15) is 21.2 Å². The first-order valence-corrected chi connectivity index (χ1v) is 11.9. The molecule has 1 saturated carbocycles. The molecule has 0 saturated heterocycles. The third-order valence-corrected chi connectivity index (χ3v) is 8.69. The highest BCUT2D eigenvalue weighted by atomic mass is 32.2. The van der Waals surface area contributed by atoms with E-state index >= 15 is 0 Å². The van der Waals surface area contributed by atoms with Gasteiger partial charge >= 0.3 is 5.97 Å². The number of nitrogens with zero attached hydrogens (tertiary/aromatic N) is 1. The molecular formula is C21H22N2O5S2. The lowest BCUT2D eigenvalue weighted by molar-refractivity contribution is -0.140. The molecule has 30 heavy (non-hydrogen) atoms. The van der Waals surface area contributed by atoms with Gasteiger partial charge in [0.2, 0.25) is 0 Å². The van der Waals surface area contributed by atoms with Crippen molar-refractivity contribution in [2.45, 2.75) is 42.4 Å². The maximum atomic E-state index is 13.1. The molecule has 3 atom stereocenters. The van der Waals surface area contributed by atoms with Gasteiger partial charge in [0.15, 0.2) is 0 Å². The molecule has 1 aromatic carbocycles. The van der Waals surface area contributed by atoms with E-state index in [-0.39, 0.29) is 16.0 Å². The van der Waals surface area contributed by atoms with Crippen LogP contribution < -0.4 is 4.72 Å². The third-order valence-electron chi connectivity index (χ3n) is 5.61. The number of rotatable bonds is 7. The van der Waals surface area contributed by atoms with Crippen molar-refractivity contribution in [3.05, 3.63) is 59.9 Å². The Kier molecular flexibility index (Phi) is 5.08. The van der Waals surface area contributed by atoms with Gasteiger partial charge < -0.3 is 9.63 Å². The van der Waals surface area contributed by atoms with E-state index in [0.29, 0.717) is 16.3 Å². The number of hydrogen-bond acceptors (Lipinski definition) is 6. The van der Waals surface area contributed by atoms with Crippen LogP contribution in [0.4, 0.5) is 0 Å². The van der Waals surface area contributed by atoms with Gasteiger partial charge in [-0.05, 0) is 23.6 Å². The summed E-state index contributed by atoms with van der Waals surface area (Å²) in [5.74, 6) is -1.12. The third kappa shape index (κ3) is 3.36. The number of nitrogens with one attached hydrogen (secondary N) is 1. The minimum atomic E-state index is -4.04. The fourth-order valence-electron chi connectivity index (χ4n) is 3.85. The summed E-state index contributed by atoms with van der Waals surface area (Å²) in [7, 11) is -4.04. The van der Waals surface area contributed by atoms with Crippen LogP contribution in [0.1, 0.15) is 43.9 Å². The van der Waals surface area contributed by atoms with Gasteiger partial charge in [0.25, 0.3) is 10.0 Å². The van der Waals surface area contributed by atoms with Crippen LogP contribution >= 0.6 is 11.3 Å². The smallest absolute Gasteiger partial charge is 0.325 e. The second kappa shape index (κ2) is 7.33. The molecular weight excluding hydrogens is 424 g/mol. The van der Waals surface area contributed by atoms with Crippen molar-refractivity contribution in [2.24, 2.45) is 5.92 Å². The van der Waals surface area contributed by atoms with E-state index in [2.05, 4.69) is 9.88 Å². The first-order valence-electron chi connectivity index (χ1n) is 9.56. The summed E-state index contributed by atoms with van der Waals surface area (Å²) in [6.45, 7) is 5.70. The van der Waals surface area contributed by atoms with Crippen molar-refractivity contribution in [1.82, 2.24) is 9.88 Å². The molecule has 4 rings (SSSR count). The van der Waals surface area contributed by atoms with Crippen molar-refractivity contribution in [3.63, 3.8) is 0 Å². The minimum absolute atomic E-state index is 0.0399. The SMILES string of the molecule is CC(C)c1cc(-c2ccc(S(=O)(=O)N[C@@]3(C(=O)O)C(C)[C@H]3c3ccccc3)s2)no1. The molecule has 158 valence electrons. The largest absolute Gasteiger partial charge is 0.480 e. The first-order chi connectivity index (χ1) is 14.2. The number of thiophene rings is 1. The van der Waals surface area contributed by atoms with Crippen LogP contribution in [-0.2, 0) is 14.8 Å². The van der Waals surface area contributed by atoms with E-state index in [1.807, 2.05) is 44.2 Å². The molecule has 1 fully saturated rings. The average Bonchev–Trinajstić information content (AvgIpc) is 3.14. The Morgan fingerprint density at radius 1 is 1.23 bits per heavy atom. The Morgan fingerprint density at radius 2 is 1.93 bits per heavy atom. The Bertz CT molecular complexity index is 1180. The Balaban J connectivity index is 1.62. The van der Waals surface area contributed by atoms with Crippen LogP contribution in [0.5, 0.6) is 0 Å². The molecule has 0 spiro atoms. The van der Waals surface area contributed by atoms with E-state index < -0.39 is 27.4 Å². The molecule has 7 nitrogen and oxygen atoms in total. The number of benzene rings is 1. The first kappa shape index (κ1) is 20.8. The second-order valence-corrected chi connectivity index (χ2v) is 10.8. The summed E-state index contributed by atoms with van der Waals surface area (Å²) in [5, 5.41) is 13.9. The highest BCUT2D eigenvalue weighted by molar-refractivity contribution is 7.91. The van der Waals surface area contributed by atoms with E-state index in [1.165, 1.54) is 6.07 Å². The van der Waals surface area contributed by atoms with E-state index in [0.717, 1.165) is 16.9 Å². The van der Waals surface area contributed by atoms with Gasteiger partial charge in [-0.2, -0.15) is 4.72 Å². The monoisotopic (exact) mass is 446 g/mol. The molecule has 3 aromatic rings. The topological polar surface area (TPSA) is 110 Å². The summed E-state index contributed by atoms with van der Waals surface area (Å²) in [6, 6.07) is 14.0. The van der Waals surface area contributed by atoms with Crippen molar-refractivity contribution in [1.29, 1.82) is 0 Å². The van der Waals surface area contributed by atoms with Gasteiger partial charge in [-0.15, -0.1) is 11.3 Å². The van der Waals surface area contributed by atoms with E-state index in [4.69, 9.17) is 4.52 Å². The number of aromatic nitrogens is 1. The zero-order valence-corrected chi connectivity index (χ0v) is 18.3. The number of hydrogen-bond donors (Lipinski definition) is 2. The fourth-order valence-corrected chi connectivity index (χ4v) is 6.57. The molecule has 2 aromatic heterocycles. The standard InChI is InChI=1S/C21H22N2O5S2/c1-12(2)16-11-15(22-28-16)17-9-10-18(29-17)30(26,27)23-21(20(24)25)13(3)19(21)14-7-5-4-6-8-14/h4-13,19,23H,1-3H3,(H,24,25)/t13?,19-,21-/m0/s1. The summed E-state index contributed by atoms with van der Waals surface area (Å²) in [5.41, 5.74) is -0.214. The quantitative estimate of drug-likeness (QED) is 0.566. The van der Waals surface area contributed by atoms with E-state index in [1.54, 1.807) is 19.1 Å². The van der Waals surface area contributed by atoms with E-state index in [9.17, 15) is 18.3 Å². The summed E-state index contributed by atoms with van der Waals surface area (Å²) in [6.07, 6.45) is 0. The van der Waals surface area contributed by atoms with Gasteiger partial charge in [-0.3, -0.25) is 4.79 Å². The van der Waals surface area contributed by atoms with Crippen molar-refractivity contribution < 1.29 is 22.8 Å². The molecule has 0 aliphatic heterocycles. The number of carboxylic acids is 1. The van der Waals surface area contributed by atoms with Crippen molar-refractivity contribution in [3.8, 4) is 10.6 Å². The van der Waals surface area contributed by atoms with Crippen molar-refractivity contribution >= 4 is 27.3 Å². The van der Waals surface area contributed by atoms with Gasteiger partial charge in [-0.25, -0.2) is 8.42 Å². The summed E-state index contributed by atoms with van der Waals surface area (Å²) >= 11 is 1.03.